The summed E-state index contributed by atoms with van der Waals surface area (Å²) < 4.78 is 44.1. The zero-order valence-electron chi connectivity index (χ0n) is 12.4. The normalized spacial score (nSPS) is 12.6. The molecular formula is C15H22F3NO2. The van der Waals surface area contributed by atoms with E-state index in [4.69, 9.17) is 4.74 Å². The molecule has 0 aliphatic rings. The maximum absolute atomic E-state index is 11.8. The van der Waals surface area contributed by atoms with Gasteiger partial charge in [-0.25, -0.2) is 0 Å². The third-order valence-electron chi connectivity index (χ3n) is 2.76. The summed E-state index contributed by atoms with van der Waals surface area (Å²) in [6, 6.07) is 9.98. The second kappa shape index (κ2) is 8.36. The van der Waals surface area contributed by atoms with Gasteiger partial charge in [-0.1, -0.05) is 44.2 Å². The van der Waals surface area contributed by atoms with E-state index < -0.39 is 13.0 Å². The second-order valence-corrected chi connectivity index (χ2v) is 5.60. The minimum atomic E-state index is -4.59. The third-order valence-corrected chi connectivity index (χ3v) is 2.76. The second-order valence-electron chi connectivity index (χ2n) is 5.60. The lowest BCUT2D eigenvalue weighted by Gasteiger charge is -2.25. The molecule has 0 amide bonds. The van der Waals surface area contributed by atoms with Gasteiger partial charge in [0.2, 0.25) is 0 Å². The molecule has 0 aromatic heterocycles. The van der Waals surface area contributed by atoms with Gasteiger partial charge in [0.05, 0.1) is 19.8 Å². The number of rotatable bonds is 9. The minimum absolute atomic E-state index is 0.0678. The lowest BCUT2D eigenvalue weighted by atomic mass is 9.95. The molecular weight excluding hydrogens is 283 g/mol. The largest absolute Gasteiger partial charge is 0.522 e. The molecule has 0 aliphatic carbocycles. The fourth-order valence-electron chi connectivity index (χ4n) is 1.76. The highest BCUT2D eigenvalue weighted by Crippen LogP contribution is 2.17. The molecule has 0 saturated carbocycles. The molecule has 6 heteroatoms. The van der Waals surface area contributed by atoms with Crippen molar-refractivity contribution in [2.75, 3.05) is 26.4 Å². The Labute approximate surface area is 123 Å². The Kier molecular flexibility index (Phi) is 7.14. The number of alkyl halides is 3. The first-order valence-electron chi connectivity index (χ1n) is 6.82. The summed E-state index contributed by atoms with van der Waals surface area (Å²) >= 11 is 0. The molecule has 0 fully saturated rings. The molecule has 0 saturated heterocycles. The first-order chi connectivity index (χ1) is 9.79. The van der Waals surface area contributed by atoms with Gasteiger partial charge >= 0.3 is 6.36 Å². The predicted molar refractivity (Wildman–Crippen MR) is 74.8 cm³/mol. The van der Waals surface area contributed by atoms with Crippen molar-refractivity contribution in [2.45, 2.75) is 26.8 Å². The van der Waals surface area contributed by atoms with Gasteiger partial charge in [0, 0.05) is 18.5 Å². The van der Waals surface area contributed by atoms with Crippen LogP contribution < -0.4 is 5.32 Å². The van der Waals surface area contributed by atoms with E-state index in [1.54, 1.807) is 0 Å². The summed E-state index contributed by atoms with van der Waals surface area (Å²) in [7, 11) is 0. The summed E-state index contributed by atoms with van der Waals surface area (Å²) in [6.07, 6.45) is -4.59. The summed E-state index contributed by atoms with van der Waals surface area (Å²) in [4.78, 5) is 0. The van der Waals surface area contributed by atoms with Crippen LogP contribution in [0.5, 0.6) is 0 Å². The van der Waals surface area contributed by atoms with Crippen molar-refractivity contribution in [3.8, 4) is 0 Å². The molecule has 3 nitrogen and oxygen atoms in total. The van der Waals surface area contributed by atoms with Crippen molar-refractivity contribution in [3.05, 3.63) is 35.9 Å². The van der Waals surface area contributed by atoms with Crippen LogP contribution in [0.2, 0.25) is 0 Å². The van der Waals surface area contributed by atoms with Gasteiger partial charge in [0.25, 0.3) is 0 Å². The Hall–Kier alpha value is -1.11. The lowest BCUT2D eigenvalue weighted by Crippen LogP contribution is -2.33. The molecule has 1 aromatic carbocycles. The first-order valence-corrected chi connectivity index (χ1v) is 6.82. The Bertz CT molecular complexity index is 394. The molecule has 0 spiro atoms. The molecule has 21 heavy (non-hydrogen) atoms. The molecule has 0 atom stereocenters. The average Bonchev–Trinajstić information content (AvgIpc) is 2.38. The quantitative estimate of drug-likeness (QED) is 0.710. The van der Waals surface area contributed by atoms with Gasteiger partial charge in [-0.2, -0.15) is 0 Å². The van der Waals surface area contributed by atoms with E-state index in [1.807, 2.05) is 44.2 Å². The molecule has 1 rings (SSSR count). The van der Waals surface area contributed by atoms with E-state index in [0.29, 0.717) is 13.2 Å². The number of hydrogen-bond donors (Lipinski definition) is 1. The van der Waals surface area contributed by atoms with Crippen LogP contribution in [-0.4, -0.2) is 32.7 Å². The van der Waals surface area contributed by atoms with Gasteiger partial charge in [0.1, 0.15) is 0 Å². The van der Waals surface area contributed by atoms with Crippen molar-refractivity contribution in [2.24, 2.45) is 5.41 Å². The number of halogens is 3. The van der Waals surface area contributed by atoms with Crippen LogP contribution in [0.1, 0.15) is 19.4 Å². The SMILES string of the molecule is CC(C)(CNCc1ccccc1)COCCOC(F)(F)F. The van der Waals surface area contributed by atoms with Crippen LogP contribution in [0.3, 0.4) is 0 Å². The average molecular weight is 305 g/mol. The zero-order valence-corrected chi connectivity index (χ0v) is 12.4. The van der Waals surface area contributed by atoms with Gasteiger partial charge < -0.3 is 10.1 Å². The summed E-state index contributed by atoms with van der Waals surface area (Å²) in [5, 5.41) is 3.32. The molecule has 0 bridgehead atoms. The minimum Gasteiger partial charge on any atom is -0.378 e. The third kappa shape index (κ3) is 9.44. The Balaban J connectivity index is 2.12. The maximum atomic E-state index is 11.8. The summed E-state index contributed by atoms with van der Waals surface area (Å²) in [6.45, 7) is 5.28. The molecule has 0 unspecified atom stereocenters. The molecule has 1 N–H and O–H groups in total. The first kappa shape index (κ1) is 17.9. The fraction of sp³-hybridized carbons (Fsp3) is 0.600. The molecule has 0 aliphatic heterocycles. The van der Waals surface area contributed by atoms with Crippen LogP contribution >= 0.6 is 0 Å². The van der Waals surface area contributed by atoms with Crippen molar-refractivity contribution in [1.29, 1.82) is 0 Å². The van der Waals surface area contributed by atoms with Gasteiger partial charge in [0.15, 0.2) is 0 Å². The van der Waals surface area contributed by atoms with Crippen molar-refractivity contribution < 1.29 is 22.6 Å². The molecule has 0 heterocycles. The number of ether oxygens (including phenoxy) is 2. The Morgan fingerprint density at radius 3 is 2.33 bits per heavy atom. The van der Waals surface area contributed by atoms with E-state index in [9.17, 15) is 13.2 Å². The number of benzene rings is 1. The molecule has 1 aromatic rings. The van der Waals surface area contributed by atoms with E-state index in [-0.39, 0.29) is 12.0 Å². The highest BCUT2D eigenvalue weighted by molar-refractivity contribution is 5.14. The zero-order chi connectivity index (χ0) is 15.8. The lowest BCUT2D eigenvalue weighted by molar-refractivity contribution is -0.327. The smallest absolute Gasteiger partial charge is 0.378 e. The van der Waals surface area contributed by atoms with Gasteiger partial charge in [-0.3, -0.25) is 4.74 Å². The topological polar surface area (TPSA) is 30.5 Å². The summed E-state index contributed by atoms with van der Waals surface area (Å²) in [5.74, 6) is 0. The van der Waals surface area contributed by atoms with Crippen LogP contribution in [0.25, 0.3) is 0 Å². The van der Waals surface area contributed by atoms with Gasteiger partial charge in [-0.05, 0) is 5.56 Å². The fourth-order valence-corrected chi connectivity index (χ4v) is 1.76. The van der Waals surface area contributed by atoms with E-state index in [0.717, 1.165) is 6.54 Å². The van der Waals surface area contributed by atoms with E-state index in [1.165, 1.54) is 5.56 Å². The summed E-state index contributed by atoms with van der Waals surface area (Å²) in [5.41, 5.74) is 1.03. The number of nitrogens with one attached hydrogen (secondary N) is 1. The van der Waals surface area contributed by atoms with Crippen LogP contribution in [0, 0.1) is 5.41 Å². The van der Waals surface area contributed by atoms with Crippen LogP contribution in [0.4, 0.5) is 13.2 Å². The van der Waals surface area contributed by atoms with E-state index in [2.05, 4.69) is 10.1 Å². The molecule has 120 valence electrons. The highest BCUT2D eigenvalue weighted by atomic mass is 19.4. The van der Waals surface area contributed by atoms with E-state index >= 15 is 0 Å². The number of hydrogen-bond acceptors (Lipinski definition) is 3. The van der Waals surface area contributed by atoms with Gasteiger partial charge in [-0.15, -0.1) is 13.2 Å². The predicted octanol–water partition coefficient (Wildman–Crippen LogP) is 3.36. The Morgan fingerprint density at radius 1 is 1.05 bits per heavy atom. The van der Waals surface area contributed by atoms with Crippen molar-refractivity contribution >= 4 is 0 Å². The van der Waals surface area contributed by atoms with Crippen molar-refractivity contribution in [3.63, 3.8) is 0 Å². The highest BCUT2D eigenvalue weighted by Gasteiger charge is 2.28. The maximum Gasteiger partial charge on any atom is 0.522 e. The van der Waals surface area contributed by atoms with Crippen LogP contribution in [0.15, 0.2) is 30.3 Å². The monoisotopic (exact) mass is 305 g/mol. The van der Waals surface area contributed by atoms with Crippen LogP contribution in [-0.2, 0) is 16.0 Å². The standard InChI is InChI=1S/C15H22F3NO2/c1-14(2,12-20-8-9-21-15(16,17)18)11-19-10-13-6-4-3-5-7-13/h3-7,19H,8-12H2,1-2H3. The Morgan fingerprint density at radius 2 is 1.71 bits per heavy atom. The van der Waals surface area contributed by atoms with Crippen molar-refractivity contribution in [1.82, 2.24) is 5.32 Å². The molecule has 0 radical (unpaired) electrons.